The molecule has 1 aromatic carbocycles. The Kier molecular flexibility index (Phi) is 6.62. The van der Waals surface area contributed by atoms with E-state index in [9.17, 15) is 0 Å². The molecule has 96 valence electrons. The number of ether oxygens (including phenoxy) is 2. The number of methoxy groups -OCH3 is 1. The fourth-order valence-corrected chi connectivity index (χ4v) is 1.72. The van der Waals surface area contributed by atoms with Crippen molar-refractivity contribution in [3.63, 3.8) is 0 Å². The highest BCUT2D eigenvalue weighted by molar-refractivity contribution is 5.28. The second kappa shape index (κ2) is 8.06. The Hall–Kier alpha value is -1.10. The quantitative estimate of drug-likeness (QED) is 0.413. The first-order valence-electron chi connectivity index (χ1n) is 5.99. The Labute approximate surface area is 103 Å². The van der Waals surface area contributed by atoms with Crippen LogP contribution in [-0.4, -0.2) is 20.3 Å². The van der Waals surface area contributed by atoms with Crippen LogP contribution in [0.25, 0.3) is 0 Å². The summed E-state index contributed by atoms with van der Waals surface area (Å²) in [6, 6.07) is 8.12. The van der Waals surface area contributed by atoms with E-state index >= 15 is 0 Å². The lowest BCUT2D eigenvalue weighted by Gasteiger charge is -2.16. The van der Waals surface area contributed by atoms with Gasteiger partial charge < -0.3 is 9.47 Å². The van der Waals surface area contributed by atoms with E-state index in [0.29, 0.717) is 0 Å². The van der Waals surface area contributed by atoms with Gasteiger partial charge in [0.2, 0.25) is 0 Å². The molecular weight excluding hydrogens is 216 g/mol. The van der Waals surface area contributed by atoms with E-state index in [2.05, 4.69) is 5.43 Å². The molecule has 1 unspecified atom stereocenters. The van der Waals surface area contributed by atoms with Crippen LogP contribution in [0.4, 0.5) is 0 Å². The van der Waals surface area contributed by atoms with Gasteiger partial charge in [0.25, 0.3) is 0 Å². The van der Waals surface area contributed by atoms with Crippen LogP contribution < -0.4 is 16.0 Å². The molecular formula is C13H22N2O2. The summed E-state index contributed by atoms with van der Waals surface area (Å²) in [5, 5.41) is 0. The van der Waals surface area contributed by atoms with Crippen LogP contribution in [0.1, 0.15) is 31.4 Å². The lowest BCUT2D eigenvalue weighted by Crippen LogP contribution is -2.28. The van der Waals surface area contributed by atoms with E-state index in [1.807, 2.05) is 31.2 Å². The summed E-state index contributed by atoms with van der Waals surface area (Å²) in [6.45, 7) is 3.55. The molecule has 0 spiro atoms. The first kappa shape index (κ1) is 14.0. The lowest BCUT2D eigenvalue weighted by atomic mass is 10.0. The number of nitrogens with one attached hydrogen (secondary N) is 1. The maximum atomic E-state index is 5.57. The summed E-state index contributed by atoms with van der Waals surface area (Å²) < 4.78 is 10.4. The molecule has 0 saturated heterocycles. The van der Waals surface area contributed by atoms with Crippen molar-refractivity contribution in [2.75, 3.05) is 20.3 Å². The molecule has 0 aliphatic rings. The average Bonchev–Trinajstić information content (AvgIpc) is 2.39. The van der Waals surface area contributed by atoms with Crippen LogP contribution in [0, 0.1) is 0 Å². The predicted octanol–water partition coefficient (Wildman–Crippen LogP) is 2.02. The number of benzene rings is 1. The molecule has 0 amide bonds. The fraction of sp³-hybridized carbons (Fsp3) is 0.538. The van der Waals surface area contributed by atoms with Crippen molar-refractivity contribution in [2.45, 2.75) is 25.8 Å². The largest absolute Gasteiger partial charge is 0.497 e. The van der Waals surface area contributed by atoms with Crippen molar-refractivity contribution in [3.8, 4) is 5.75 Å². The molecule has 0 aromatic heterocycles. The summed E-state index contributed by atoms with van der Waals surface area (Å²) in [5.74, 6) is 6.43. The molecule has 0 bridgehead atoms. The van der Waals surface area contributed by atoms with E-state index in [1.165, 1.54) is 5.56 Å². The Morgan fingerprint density at radius 3 is 2.53 bits per heavy atom. The number of nitrogens with two attached hydrogens (primary N) is 1. The third-order valence-electron chi connectivity index (χ3n) is 2.70. The van der Waals surface area contributed by atoms with E-state index in [-0.39, 0.29) is 6.04 Å². The van der Waals surface area contributed by atoms with Crippen LogP contribution in [-0.2, 0) is 4.74 Å². The summed E-state index contributed by atoms with van der Waals surface area (Å²) in [6.07, 6.45) is 1.96. The number of hydrogen-bond donors (Lipinski definition) is 2. The van der Waals surface area contributed by atoms with Gasteiger partial charge in [-0.15, -0.1) is 0 Å². The van der Waals surface area contributed by atoms with Gasteiger partial charge in [-0.05, 0) is 37.5 Å². The molecule has 3 N–H and O–H groups in total. The lowest BCUT2D eigenvalue weighted by molar-refractivity contribution is 0.141. The van der Waals surface area contributed by atoms with Gasteiger partial charge in [0, 0.05) is 19.3 Å². The summed E-state index contributed by atoms with van der Waals surface area (Å²) in [5.41, 5.74) is 4.01. The van der Waals surface area contributed by atoms with Crippen LogP contribution in [0.3, 0.4) is 0 Å². The monoisotopic (exact) mass is 238 g/mol. The second-order valence-corrected chi connectivity index (χ2v) is 3.83. The van der Waals surface area contributed by atoms with Gasteiger partial charge in [-0.2, -0.15) is 0 Å². The van der Waals surface area contributed by atoms with Gasteiger partial charge in [-0.1, -0.05) is 12.1 Å². The summed E-state index contributed by atoms with van der Waals surface area (Å²) in [7, 11) is 1.66. The molecule has 0 fully saturated rings. The maximum absolute atomic E-state index is 5.57. The van der Waals surface area contributed by atoms with Gasteiger partial charge in [0.15, 0.2) is 0 Å². The highest BCUT2D eigenvalue weighted by Gasteiger charge is 2.09. The molecule has 0 aliphatic heterocycles. The number of hydrogen-bond acceptors (Lipinski definition) is 4. The first-order valence-corrected chi connectivity index (χ1v) is 5.99. The Morgan fingerprint density at radius 2 is 2.00 bits per heavy atom. The van der Waals surface area contributed by atoms with Crippen molar-refractivity contribution >= 4 is 0 Å². The Balaban J connectivity index is 2.47. The zero-order valence-electron chi connectivity index (χ0n) is 10.6. The second-order valence-electron chi connectivity index (χ2n) is 3.83. The van der Waals surface area contributed by atoms with Crippen molar-refractivity contribution < 1.29 is 9.47 Å². The highest BCUT2D eigenvalue weighted by atomic mass is 16.5. The van der Waals surface area contributed by atoms with Crippen molar-refractivity contribution in [1.82, 2.24) is 5.43 Å². The first-order chi connectivity index (χ1) is 8.31. The number of rotatable bonds is 8. The molecule has 1 atom stereocenters. The van der Waals surface area contributed by atoms with Crippen LogP contribution in [0.5, 0.6) is 5.75 Å². The summed E-state index contributed by atoms with van der Waals surface area (Å²) in [4.78, 5) is 0. The normalized spacial score (nSPS) is 12.4. The predicted molar refractivity (Wildman–Crippen MR) is 68.8 cm³/mol. The smallest absolute Gasteiger partial charge is 0.118 e. The molecule has 1 aromatic rings. The van der Waals surface area contributed by atoms with Crippen LogP contribution >= 0.6 is 0 Å². The minimum absolute atomic E-state index is 0.168. The maximum Gasteiger partial charge on any atom is 0.118 e. The van der Waals surface area contributed by atoms with Crippen molar-refractivity contribution in [2.24, 2.45) is 5.84 Å². The van der Waals surface area contributed by atoms with Gasteiger partial charge in [-0.3, -0.25) is 11.3 Å². The molecule has 4 heteroatoms. The van der Waals surface area contributed by atoms with E-state index < -0.39 is 0 Å². The zero-order chi connectivity index (χ0) is 12.5. The van der Waals surface area contributed by atoms with Gasteiger partial charge in [-0.25, -0.2) is 0 Å². The molecule has 0 aliphatic carbocycles. The topological polar surface area (TPSA) is 56.5 Å². The van der Waals surface area contributed by atoms with E-state index in [1.54, 1.807) is 7.11 Å². The molecule has 0 radical (unpaired) electrons. The third kappa shape index (κ3) is 4.73. The van der Waals surface area contributed by atoms with E-state index in [4.69, 9.17) is 15.3 Å². The standard InChI is InChI=1S/C13H22N2O2/c1-3-17-10-4-5-13(15-14)11-6-8-12(16-2)9-7-11/h6-9,13,15H,3-5,10,14H2,1-2H3. The minimum Gasteiger partial charge on any atom is -0.497 e. The Morgan fingerprint density at radius 1 is 1.29 bits per heavy atom. The molecule has 1 rings (SSSR count). The summed E-state index contributed by atoms with van der Waals surface area (Å²) >= 11 is 0. The average molecular weight is 238 g/mol. The number of hydrazine groups is 1. The van der Waals surface area contributed by atoms with Crippen LogP contribution in [0.2, 0.25) is 0 Å². The molecule has 17 heavy (non-hydrogen) atoms. The molecule has 0 saturated carbocycles. The fourth-order valence-electron chi connectivity index (χ4n) is 1.72. The van der Waals surface area contributed by atoms with Gasteiger partial charge >= 0.3 is 0 Å². The Bertz CT molecular complexity index is 301. The minimum atomic E-state index is 0.168. The van der Waals surface area contributed by atoms with Gasteiger partial charge in [0.05, 0.1) is 7.11 Å². The van der Waals surface area contributed by atoms with Crippen molar-refractivity contribution in [1.29, 1.82) is 0 Å². The van der Waals surface area contributed by atoms with E-state index in [0.717, 1.165) is 31.8 Å². The molecule has 4 nitrogen and oxygen atoms in total. The zero-order valence-corrected chi connectivity index (χ0v) is 10.6. The SMILES string of the molecule is CCOCCCC(NN)c1ccc(OC)cc1. The third-order valence-corrected chi connectivity index (χ3v) is 2.70. The van der Waals surface area contributed by atoms with Crippen LogP contribution in [0.15, 0.2) is 24.3 Å². The highest BCUT2D eigenvalue weighted by Crippen LogP contribution is 2.20. The van der Waals surface area contributed by atoms with Crippen molar-refractivity contribution in [3.05, 3.63) is 29.8 Å². The molecule has 0 heterocycles. The van der Waals surface area contributed by atoms with Gasteiger partial charge in [0.1, 0.15) is 5.75 Å².